The summed E-state index contributed by atoms with van der Waals surface area (Å²) in [4.78, 5) is 17.1. The third kappa shape index (κ3) is 2.76. The lowest BCUT2D eigenvalue weighted by Crippen LogP contribution is -2.47. The molecule has 1 aliphatic heterocycles. The molecule has 0 atom stereocenters. The molecule has 110 valence electrons. The Kier molecular flexibility index (Phi) is 3.63. The van der Waals surface area contributed by atoms with Gasteiger partial charge < -0.3 is 9.42 Å². The maximum Gasteiger partial charge on any atom is 0.233 e. The summed E-state index contributed by atoms with van der Waals surface area (Å²) in [6.07, 6.45) is 0.221. The Bertz CT molecular complexity index is 683. The smallest absolute Gasteiger partial charge is 0.233 e. The van der Waals surface area contributed by atoms with E-state index in [4.69, 9.17) is 16.1 Å². The minimum Gasteiger partial charge on any atom is -0.341 e. The van der Waals surface area contributed by atoms with Crippen molar-refractivity contribution in [2.45, 2.75) is 19.3 Å². The van der Waals surface area contributed by atoms with E-state index in [1.807, 2.05) is 0 Å². The van der Waals surface area contributed by atoms with Gasteiger partial charge in [0, 0.05) is 26.4 Å². The average molecular weight is 310 g/mol. The van der Waals surface area contributed by atoms with Crippen molar-refractivity contribution in [1.29, 1.82) is 0 Å². The molecular formula is C14H13ClFN3O2. The molecule has 5 nitrogen and oxygen atoms in total. The fourth-order valence-corrected chi connectivity index (χ4v) is 2.45. The van der Waals surface area contributed by atoms with Gasteiger partial charge in [-0.15, -0.1) is 0 Å². The van der Waals surface area contributed by atoms with E-state index >= 15 is 0 Å². The Labute approximate surface area is 125 Å². The van der Waals surface area contributed by atoms with Gasteiger partial charge in [-0.3, -0.25) is 4.79 Å². The highest BCUT2D eigenvalue weighted by Gasteiger charge is 2.34. The third-order valence-corrected chi connectivity index (χ3v) is 3.83. The molecule has 1 aromatic heterocycles. The number of carbonyl (C=O) groups excluding carboxylic acids is 1. The summed E-state index contributed by atoms with van der Waals surface area (Å²) in [6.45, 7) is 2.70. The van der Waals surface area contributed by atoms with Crippen LogP contribution in [0.4, 0.5) is 4.39 Å². The number of halogens is 2. The van der Waals surface area contributed by atoms with E-state index in [9.17, 15) is 9.18 Å². The maximum atomic E-state index is 13.8. The first-order valence-corrected chi connectivity index (χ1v) is 6.93. The molecule has 1 amide bonds. The monoisotopic (exact) mass is 309 g/mol. The average Bonchev–Trinajstić information content (AvgIpc) is 2.81. The lowest BCUT2D eigenvalue weighted by Gasteiger charge is -2.36. The Morgan fingerprint density at radius 3 is 3.00 bits per heavy atom. The van der Waals surface area contributed by atoms with Crippen LogP contribution in [-0.4, -0.2) is 34.0 Å². The minimum atomic E-state index is -0.461. The van der Waals surface area contributed by atoms with Crippen LogP contribution in [0.3, 0.4) is 0 Å². The Hall–Kier alpha value is -1.95. The van der Waals surface area contributed by atoms with Crippen LogP contribution >= 0.6 is 11.6 Å². The van der Waals surface area contributed by atoms with Crippen LogP contribution in [0.5, 0.6) is 0 Å². The summed E-state index contributed by atoms with van der Waals surface area (Å²) in [7, 11) is 0. The largest absolute Gasteiger partial charge is 0.341 e. The van der Waals surface area contributed by atoms with Crippen LogP contribution in [-0.2, 0) is 11.2 Å². The molecule has 0 N–H and O–H groups in total. The third-order valence-electron chi connectivity index (χ3n) is 3.54. The highest BCUT2D eigenvalue weighted by molar-refractivity contribution is 6.30. The Balaban J connectivity index is 1.69. The SMILES string of the molecule is CC(=O)N1CC(c2nc(Cc3cccc(Cl)c3F)no2)C1. The fraction of sp³-hybridized carbons (Fsp3) is 0.357. The molecule has 2 heterocycles. The summed E-state index contributed by atoms with van der Waals surface area (Å²) >= 11 is 5.74. The van der Waals surface area contributed by atoms with Crippen LogP contribution in [0.1, 0.15) is 30.1 Å². The molecule has 1 aromatic carbocycles. The standard InChI is InChI=1S/C14H13ClFN3O2/c1-8(20)19-6-10(7-19)14-17-12(18-21-14)5-9-3-2-4-11(15)13(9)16/h2-4,10H,5-7H2,1H3. The number of benzene rings is 1. The van der Waals surface area contributed by atoms with E-state index in [-0.39, 0.29) is 23.3 Å². The van der Waals surface area contributed by atoms with Crippen molar-refractivity contribution in [1.82, 2.24) is 15.0 Å². The molecule has 2 aromatic rings. The van der Waals surface area contributed by atoms with Crippen molar-refractivity contribution in [3.63, 3.8) is 0 Å². The Morgan fingerprint density at radius 2 is 2.29 bits per heavy atom. The lowest BCUT2D eigenvalue weighted by molar-refractivity contribution is -0.133. The van der Waals surface area contributed by atoms with Gasteiger partial charge in [0.15, 0.2) is 5.82 Å². The quantitative estimate of drug-likeness (QED) is 0.873. The molecule has 21 heavy (non-hydrogen) atoms. The summed E-state index contributed by atoms with van der Waals surface area (Å²) in [6, 6.07) is 4.81. The molecule has 1 saturated heterocycles. The first kappa shape index (κ1) is 14.0. The van der Waals surface area contributed by atoms with Gasteiger partial charge in [0.05, 0.1) is 10.9 Å². The van der Waals surface area contributed by atoms with Gasteiger partial charge in [0.1, 0.15) is 5.82 Å². The molecule has 0 radical (unpaired) electrons. The van der Waals surface area contributed by atoms with Crippen molar-refractivity contribution in [3.05, 3.63) is 46.3 Å². The van der Waals surface area contributed by atoms with E-state index in [0.29, 0.717) is 30.4 Å². The van der Waals surface area contributed by atoms with E-state index in [0.717, 1.165) is 0 Å². The molecule has 7 heteroatoms. The predicted molar refractivity (Wildman–Crippen MR) is 73.5 cm³/mol. The van der Waals surface area contributed by atoms with Crippen molar-refractivity contribution in [2.75, 3.05) is 13.1 Å². The van der Waals surface area contributed by atoms with Gasteiger partial charge >= 0.3 is 0 Å². The van der Waals surface area contributed by atoms with E-state index in [1.165, 1.54) is 13.0 Å². The van der Waals surface area contributed by atoms with Gasteiger partial charge in [-0.1, -0.05) is 28.9 Å². The molecule has 0 unspecified atom stereocenters. The van der Waals surface area contributed by atoms with Crippen molar-refractivity contribution in [2.24, 2.45) is 0 Å². The van der Waals surface area contributed by atoms with Crippen LogP contribution in [0.25, 0.3) is 0 Å². The Morgan fingerprint density at radius 1 is 1.52 bits per heavy atom. The van der Waals surface area contributed by atoms with Crippen molar-refractivity contribution < 1.29 is 13.7 Å². The molecule has 3 rings (SSSR count). The van der Waals surface area contributed by atoms with Gasteiger partial charge in [-0.05, 0) is 11.6 Å². The number of carbonyl (C=O) groups is 1. The maximum absolute atomic E-state index is 13.8. The van der Waals surface area contributed by atoms with Crippen molar-refractivity contribution in [3.8, 4) is 0 Å². The van der Waals surface area contributed by atoms with Gasteiger partial charge in [0.2, 0.25) is 11.8 Å². The summed E-state index contributed by atoms with van der Waals surface area (Å²) < 4.78 is 19.0. The van der Waals surface area contributed by atoms with Gasteiger partial charge in [-0.2, -0.15) is 4.98 Å². The fourth-order valence-electron chi connectivity index (χ4n) is 2.25. The first-order chi connectivity index (χ1) is 10.0. The number of amides is 1. The second kappa shape index (κ2) is 5.44. The zero-order chi connectivity index (χ0) is 15.0. The normalized spacial score (nSPS) is 15.1. The zero-order valence-corrected chi connectivity index (χ0v) is 12.1. The van der Waals surface area contributed by atoms with Gasteiger partial charge in [0.25, 0.3) is 0 Å². The molecular weight excluding hydrogens is 297 g/mol. The number of likely N-dealkylation sites (tertiary alicyclic amines) is 1. The van der Waals surface area contributed by atoms with Crippen LogP contribution in [0, 0.1) is 5.82 Å². The summed E-state index contributed by atoms with van der Waals surface area (Å²) in [5.41, 5.74) is 0.425. The van der Waals surface area contributed by atoms with Crippen molar-refractivity contribution >= 4 is 17.5 Å². The number of rotatable bonds is 3. The first-order valence-electron chi connectivity index (χ1n) is 6.55. The van der Waals surface area contributed by atoms with Crippen LogP contribution in [0.15, 0.2) is 22.7 Å². The summed E-state index contributed by atoms with van der Waals surface area (Å²) in [5, 5.41) is 3.93. The topological polar surface area (TPSA) is 59.2 Å². The molecule has 0 bridgehead atoms. The van der Waals surface area contributed by atoms with Gasteiger partial charge in [-0.25, -0.2) is 4.39 Å². The highest BCUT2D eigenvalue weighted by Crippen LogP contribution is 2.26. The molecule has 0 spiro atoms. The van der Waals surface area contributed by atoms with Crippen LogP contribution < -0.4 is 0 Å². The van der Waals surface area contributed by atoms with E-state index < -0.39 is 5.82 Å². The molecule has 0 aliphatic carbocycles. The van der Waals surface area contributed by atoms with E-state index in [2.05, 4.69) is 10.1 Å². The van der Waals surface area contributed by atoms with E-state index in [1.54, 1.807) is 17.0 Å². The lowest BCUT2D eigenvalue weighted by atomic mass is 10.0. The second-order valence-electron chi connectivity index (χ2n) is 5.06. The molecule has 1 fully saturated rings. The number of hydrogen-bond acceptors (Lipinski definition) is 4. The number of nitrogens with zero attached hydrogens (tertiary/aromatic N) is 3. The highest BCUT2D eigenvalue weighted by atomic mass is 35.5. The van der Waals surface area contributed by atoms with Crippen LogP contribution in [0.2, 0.25) is 5.02 Å². The minimum absolute atomic E-state index is 0.0342. The predicted octanol–water partition coefficient (Wildman–Crippen LogP) is 2.40. The molecule has 1 aliphatic rings. The zero-order valence-electron chi connectivity index (χ0n) is 11.3. The summed E-state index contributed by atoms with van der Waals surface area (Å²) in [5.74, 6) is 0.542. The number of hydrogen-bond donors (Lipinski definition) is 0. The molecule has 0 saturated carbocycles. The number of aromatic nitrogens is 2. The second-order valence-corrected chi connectivity index (χ2v) is 5.47.